The molecule has 2 aromatic rings. The third-order valence-corrected chi connectivity index (χ3v) is 1.50. The second-order valence-electron chi connectivity index (χ2n) is 2.35. The molecule has 2 rings (SSSR count). The molecule has 0 unspecified atom stereocenters. The molecular formula is C7H6N4O. The van der Waals surface area contributed by atoms with Crippen LogP contribution in [-0.4, -0.2) is 19.6 Å². The van der Waals surface area contributed by atoms with Crippen molar-refractivity contribution in [2.45, 2.75) is 6.92 Å². The molecule has 0 amide bonds. The van der Waals surface area contributed by atoms with Gasteiger partial charge >= 0.3 is 0 Å². The second-order valence-corrected chi connectivity index (χ2v) is 2.35. The van der Waals surface area contributed by atoms with E-state index in [-0.39, 0.29) is 5.56 Å². The van der Waals surface area contributed by atoms with E-state index in [9.17, 15) is 4.79 Å². The highest BCUT2D eigenvalue weighted by Gasteiger charge is 1.98. The second kappa shape index (κ2) is 2.37. The molecule has 0 aliphatic carbocycles. The van der Waals surface area contributed by atoms with Gasteiger partial charge in [0.2, 0.25) is 0 Å². The van der Waals surface area contributed by atoms with Gasteiger partial charge < -0.3 is 0 Å². The Balaban J connectivity index is 2.99. The number of hydrogen-bond acceptors (Lipinski definition) is 4. The van der Waals surface area contributed by atoms with Crippen LogP contribution in [0, 0.1) is 6.92 Å². The van der Waals surface area contributed by atoms with E-state index in [2.05, 4.69) is 15.1 Å². The Kier molecular flexibility index (Phi) is 1.36. The van der Waals surface area contributed by atoms with E-state index in [1.54, 1.807) is 13.1 Å². The van der Waals surface area contributed by atoms with Crippen molar-refractivity contribution in [3.63, 3.8) is 0 Å². The molecule has 12 heavy (non-hydrogen) atoms. The Morgan fingerprint density at radius 3 is 3.08 bits per heavy atom. The number of nitrogens with zero attached hydrogens (tertiary/aromatic N) is 4. The van der Waals surface area contributed by atoms with Gasteiger partial charge in [0.1, 0.15) is 5.82 Å². The summed E-state index contributed by atoms with van der Waals surface area (Å²) in [5.74, 6) is 0.547. The summed E-state index contributed by atoms with van der Waals surface area (Å²) in [5, 5.41) is 3.97. The SMILES string of the molecule is Cc1nc(=O)cc2nccnn12. The van der Waals surface area contributed by atoms with Gasteiger partial charge in [0.15, 0.2) is 5.65 Å². The van der Waals surface area contributed by atoms with E-state index in [0.29, 0.717) is 11.5 Å². The highest BCUT2D eigenvalue weighted by atomic mass is 16.1. The van der Waals surface area contributed by atoms with Gasteiger partial charge in [-0.25, -0.2) is 9.50 Å². The topological polar surface area (TPSA) is 60.2 Å². The van der Waals surface area contributed by atoms with E-state index in [0.717, 1.165) is 0 Å². The van der Waals surface area contributed by atoms with Crippen LogP contribution < -0.4 is 5.56 Å². The van der Waals surface area contributed by atoms with Crippen molar-refractivity contribution in [3.05, 3.63) is 34.6 Å². The summed E-state index contributed by atoms with van der Waals surface area (Å²) in [4.78, 5) is 18.6. The third-order valence-electron chi connectivity index (χ3n) is 1.50. The van der Waals surface area contributed by atoms with Crippen molar-refractivity contribution < 1.29 is 0 Å². The van der Waals surface area contributed by atoms with Gasteiger partial charge in [0.25, 0.3) is 5.56 Å². The molecular weight excluding hydrogens is 156 g/mol. The fourth-order valence-electron chi connectivity index (χ4n) is 1.02. The Morgan fingerprint density at radius 2 is 2.25 bits per heavy atom. The lowest BCUT2D eigenvalue weighted by atomic mass is 10.5. The summed E-state index contributed by atoms with van der Waals surface area (Å²) in [7, 11) is 0. The number of rotatable bonds is 0. The van der Waals surface area contributed by atoms with E-state index < -0.39 is 0 Å². The van der Waals surface area contributed by atoms with Crippen molar-refractivity contribution in [2.24, 2.45) is 0 Å². The number of aromatic nitrogens is 4. The molecule has 0 N–H and O–H groups in total. The molecule has 0 atom stereocenters. The largest absolute Gasteiger partial charge is 0.275 e. The van der Waals surface area contributed by atoms with Crippen molar-refractivity contribution >= 4 is 5.65 Å². The quantitative estimate of drug-likeness (QED) is 0.538. The van der Waals surface area contributed by atoms with E-state index in [1.807, 2.05) is 0 Å². The maximum atomic E-state index is 10.9. The first-order chi connectivity index (χ1) is 5.77. The van der Waals surface area contributed by atoms with E-state index in [4.69, 9.17) is 0 Å². The Bertz CT molecular complexity index is 476. The standard InChI is InChI=1S/C7H6N4O/c1-5-10-7(12)4-6-8-2-3-9-11(5)6/h2-4H,1H3. The molecule has 0 fully saturated rings. The highest BCUT2D eigenvalue weighted by Crippen LogP contribution is 1.92. The van der Waals surface area contributed by atoms with Gasteiger partial charge in [-0.3, -0.25) is 4.79 Å². The van der Waals surface area contributed by atoms with Crippen LogP contribution in [-0.2, 0) is 0 Å². The summed E-state index contributed by atoms with van der Waals surface area (Å²) in [6.07, 6.45) is 3.08. The van der Waals surface area contributed by atoms with Crippen LogP contribution >= 0.6 is 0 Å². The maximum Gasteiger partial charge on any atom is 0.275 e. The molecule has 0 aliphatic heterocycles. The van der Waals surface area contributed by atoms with E-state index in [1.165, 1.54) is 16.8 Å². The number of hydrogen-bond donors (Lipinski definition) is 0. The molecule has 2 heterocycles. The van der Waals surface area contributed by atoms with Gasteiger partial charge in [-0.2, -0.15) is 10.1 Å². The van der Waals surface area contributed by atoms with Crippen LogP contribution in [0.5, 0.6) is 0 Å². The van der Waals surface area contributed by atoms with Gasteiger partial charge in [0.05, 0.1) is 12.3 Å². The van der Waals surface area contributed by atoms with Crippen molar-refractivity contribution in [1.29, 1.82) is 0 Å². The minimum Gasteiger partial charge on any atom is -0.267 e. The summed E-state index contributed by atoms with van der Waals surface area (Å²) in [5.41, 5.74) is 0.239. The summed E-state index contributed by atoms with van der Waals surface area (Å²) >= 11 is 0. The van der Waals surface area contributed by atoms with Crippen LogP contribution in [0.2, 0.25) is 0 Å². The zero-order chi connectivity index (χ0) is 8.55. The fraction of sp³-hybridized carbons (Fsp3) is 0.143. The molecule has 2 aromatic heterocycles. The Labute approximate surface area is 67.7 Å². The minimum absolute atomic E-state index is 0.284. The Morgan fingerprint density at radius 1 is 1.42 bits per heavy atom. The molecule has 5 nitrogen and oxygen atoms in total. The summed E-state index contributed by atoms with van der Waals surface area (Å²) < 4.78 is 1.52. The van der Waals surface area contributed by atoms with Crippen molar-refractivity contribution in [2.75, 3.05) is 0 Å². The van der Waals surface area contributed by atoms with Crippen molar-refractivity contribution in [3.8, 4) is 0 Å². The molecule has 5 heteroatoms. The minimum atomic E-state index is -0.284. The molecule has 0 aliphatic rings. The van der Waals surface area contributed by atoms with Crippen LogP contribution in [0.25, 0.3) is 5.65 Å². The molecule has 0 saturated heterocycles. The molecule has 0 aromatic carbocycles. The first-order valence-electron chi connectivity index (χ1n) is 3.45. The zero-order valence-electron chi connectivity index (χ0n) is 6.43. The average molecular weight is 162 g/mol. The van der Waals surface area contributed by atoms with Crippen molar-refractivity contribution in [1.82, 2.24) is 19.6 Å². The summed E-state index contributed by atoms with van der Waals surface area (Å²) in [6, 6.07) is 1.35. The lowest BCUT2D eigenvalue weighted by molar-refractivity contribution is 0.810. The average Bonchev–Trinajstić information content (AvgIpc) is 2.04. The molecule has 0 radical (unpaired) electrons. The predicted molar refractivity (Wildman–Crippen MR) is 41.8 cm³/mol. The summed E-state index contributed by atoms with van der Waals surface area (Å²) in [6.45, 7) is 1.71. The number of aryl methyl sites for hydroxylation is 1. The maximum absolute atomic E-state index is 10.9. The normalized spacial score (nSPS) is 10.4. The molecule has 0 saturated carbocycles. The van der Waals surface area contributed by atoms with Gasteiger partial charge in [-0.1, -0.05) is 0 Å². The van der Waals surface area contributed by atoms with Crippen LogP contribution in [0.4, 0.5) is 0 Å². The Hall–Kier alpha value is -1.78. The fourth-order valence-corrected chi connectivity index (χ4v) is 1.02. The van der Waals surface area contributed by atoms with E-state index >= 15 is 0 Å². The van der Waals surface area contributed by atoms with Crippen LogP contribution in [0.15, 0.2) is 23.3 Å². The van der Waals surface area contributed by atoms with Gasteiger partial charge in [-0.15, -0.1) is 0 Å². The lowest BCUT2D eigenvalue weighted by Crippen LogP contribution is -2.13. The van der Waals surface area contributed by atoms with Crippen LogP contribution in [0.3, 0.4) is 0 Å². The monoisotopic (exact) mass is 162 g/mol. The first kappa shape index (κ1) is 6.90. The number of fused-ring (bicyclic) bond motifs is 1. The zero-order valence-corrected chi connectivity index (χ0v) is 6.43. The first-order valence-corrected chi connectivity index (χ1v) is 3.45. The van der Waals surface area contributed by atoms with Crippen LogP contribution in [0.1, 0.15) is 5.82 Å². The molecule has 0 spiro atoms. The van der Waals surface area contributed by atoms with Gasteiger partial charge in [-0.05, 0) is 6.92 Å². The highest BCUT2D eigenvalue weighted by molar-refractivity contribution is 5.33. The van der Waals surface area contributed by atoms with Gasteiger partial charge in [0, 0.05) is 6.20 Å². The predicted octanol–water partition coefficient (Wildman–Crippen LogP) is -0.207. The third kappa shape index (κ3) is 0.952. The lowest BCUT2D eigenvalue weighted by Gasteiger charge is -1.98. The molecule has 60 valence electrons. The molecule has 0 bridgehead atoms. The smallest absolute Gasteiger partial charge is 0.267 e.